The Hall–Kier alpha value is -2.70. The standard InChI is InChI=1S/C17H16F3NO3/c1-3-24-14-9-8-13(10-15(14)23-2)21-16(22)11-4-6-12(7-5-11)17(18,19)20/h4-10H,3H2,1-2H3,(H,21,22). The van der Waals surface area contributed by atoms with Gasteiger partial charge in [0, 0.05) is 17.3 Å². The summed E-state index contributed by atoms with van der Waals surface area (Å²) < 4.78 is 48.1. The van der Waals surface area contributed by atoms with Gasteiger partial charge in [0.15, 0.2) is 11.5 Å². The molecule has 0 aliphatic heterocycles. The molecule has 128 valence electrons. The number of hydrogen-bond acceptors (Lipinski definition) is 3. The number of nitrogens with one attached hydrogen (secondary N) is 1. The van der Waals surface area contributed by atoms with Gasteiger partial charge in [-0.15, -0.1) is 0 Å². The van der Waals surface area contributed by atoms with E-state index in [1.165, 1.54) is 7.11 Å². The van der Waals surface area contributed by atoms with Crippen LogP contribution in [0.1, 0.15) is 22.8 Å². The molecule has 4 nitrogen and oxygen atoms in total. The van der Waals surface area contributed by atoms with Crippen molar-refractivity contribution in [1.82, 2.24) is 0 Å². The number of carbonyl (C=O) groups is 1. The molecular weight excluding hydrogens is 323 g/mol. The van der Waals surface area contributed by atoms with Gasteiger partial charge in [-0.1, -0.05) is 0 Å². The molecule has 0 saturated heterocycles. The third-order valence-electron chi connectivity index (χ3n) is 3.20. The van der Waals surface area contributed by atoms with Crippen LogP contribution < -0.4 is 14.8 Å². The highest BCUT2D eigenvalue weighted by molar-refractivity contribution is 6.04. The number of methoxy groups -OCH3 is 1. The molecule has 7 heteroatoms. The quantitative estimate of drug-likeness (QED) is 0.880. The van der Waals surface area contributed by atoms with E-state index in [4.69, 9.17) is 9.47 Å². The van der Waals surface area contributed by atoms with Crippen molar-refractivity contribution in [2.45, 2.75) is 13.1 Å². The van der Waals surface area contributed by atoms with Gasteiger partial charge in [0.2, 0.25) is 0 Å². The van der Waals surface area contributed by atoms with Crippen LogP contribution in [0.2, 0.25) is 0 Å². The van der Waals surface area contributed by atoms with Crippen molar-refractivity contribution in [1.29, 1.82) is 0 Å². The molecule has 0 aromatic heterocycles. The fourth-order valence-corrected chi connectivity index (χ4v) is 2.03. The van der Waals surface area contributed by atoms with Crippen LogP contribution in [0.15, 0.2) is 42.5 Å². The Balaban J connectivity index is 2.14. The molecule has 0 spiro atoms. The molecule has 0 aliphatic carbocycles. The van der Waals surface area contributed by atoms with Gasteiger partial charge < -0.3 is 14.8 Å². The second kappa shape index (κ2) is 7.25. The van der Waals surface area contributed by atoms with Crippen LogP contribution in [0.3, 0.4) is 0 Å². The van der Waals surface area contributed by atoms with E-state index in [1.54, 1.807) is 18.2 Å². The first-order valence-electron chi connectivity index (χ1n) is 7.14. The first-order chi connectivity index (χ1) is 11.3. The zero-order valence-electron chi connectivity index (χ0n) is 13.1. The molecule has 0 unspecified atom stereocenters. The fourth-order valence-electron chi connectivity index (χ4n) is 2.03. The van der Waals surface area contributed by atoms with Gasteiger partial charge >= 0.3 is 6.18 Å². The summed E-state index contributed by atoms with van der Waals surface area (Å²) in [6.45, 7) is 2.30. The van der Waals surface area contributed by atoms with Crippen LogP contribution in [0.5, 0.6) is 11.5 Å². The molecule has 2 rings (SSSR count). The Bertz CT molecular complexity index is 712. The molecule has 0 heterocycles. The van der Waals surface area contributed by atoms with Crippen molar-refractivity contribution in [2.24, 2.45) is 0 Å². The van der Waals surface area contributed by atoms with Crippen LogP contribution in [0.25, 0.3) is 0 Å². The van der Waals surface area contributed by atoms with Gasteiger partial charge in [-0.25, -0.2) is 0 Å². The first kappa shape index (κ1) is 17.7. The van der Waals surface area contributed by atoms with E-state index < -0.39 is 17.6 Å². The summed E-state index contributed by atoms with van der Waals surface area (Å²) in [5.74, 6) is 0.463. The first-order valence-corrected chi connectivity index (χ1v) is 7.14. The maximum absolute atomic E-state index is 12.5. The molecule has 2 aromatic rings. The minimum atomic E-state index is -4.43. The summed E-state index contributed by atoms with van der Waals surface area (Å²) in [5, 5.41) is 2.60. The summed E-state index contributed by atoms with van der Waals surface area (Å²) in [7, 11) is 1.47. The van der Waals surface area contributed by atoms with Gasteiger partial charge in [0.25, 0.3) is 5.91 Å². The summed E-state index contributed by atoms with van der Waals surface area (Å²) in [5.41, 5.74) is -0.238. The lowest BCUT2D eigenvalue weighted by Crippen LogP contribution is -2.13. The maximum atomic E-state index is 12.5. The molecule has 0 saturated carbocycles. The average Bonchev–Trinajstić information content (AvgIpc) is 2.55. The highest BCUT2D eigenvalue weighted by Crippen LogP contribution is 2.31. The van der Waals surface area contributed by atoms with E-state index >= 15 is 0 Å². The van der Waals surface area contributed by atoms with Gasteiger partial charge in [-0.2, -0.15) is 13.2 Å². The molecule has 1 N–H and O–H groups in total. The fraction of sp³-hybridized carbons (Fsp3) is 0.235. The SMILES string of the molecule is CCOc1ccc(NC(=O)c2ccc(C(F)(F)F)cc2)cc1OC. The average molecular weight is 339 g/mol. The van der Waals surface area contributed by atoms with Crippen molar-refractivity contribution in [3.63, 3.8) is 0 Å². The van der Waals surface area contributed by atoms with Gasteiger partial charge in [-0.05, 0) is 43.3 Å². The Morgan fingerprint density at radius 3 is 2.29 bits per heavy atom. The molecule has 24 heavy (non-hydrogen) atoms. The zero-order valence-corrected chi connectivity index (χ0v) is 13.1. The van der Waals surface area contributed by atoms with Crippen LogP contribution in [0, 0.1) is 0 Å². The lowest BCUT2D eigenvalue weighted by molar-refractivity contribution is -0.137. The number of amides is 1. The summed E-state index contributed by atoms with van der Waals surface area (Å²) in [4.78, 5) is 12.1. The summed E-state index contributed by atoms with van der Waals surface area (Å²) in [6, 6.07) is 8.84. The number of anilines is 1. The number of ether oxygens (including phenoxy) is 2. The van der Waals surface area contributed by atoms with Crippen molar-refractivity contribution < 1.29 is 27.4 Å². The largest absolute Gasteiger partial charge is 0.493 e. The van der Waals surface area contributed by atoms with E-state index in [-0.39, 0.29) is 5.56 Å². The number of hydrogen-bond donors (Lipinski definition) is 1. The minimum Gasteiger partial charge on any atom is -0.493 e. The van der Waals surface area contributed by atoms with E-state index in [0.717, 1.165) is 24.3 Å². The minimum absolute atomic E-state index is 0.121. The highest BCUT2D eigenvalue weighted by Gasteiger charge is 2.30. The predicted octanol–water partition coefficient (Wildman–Crippen LogP) is 4.37. The number of alkyl halides is 3. The normalized spacial score (nSPS) is 11.0. The highest BCUT2D eigenvalue weighted by atomic mass is 19.4. The van der Waals surface area contributed by atoms with Crippen LogP contribution >= 0.6 is 0 Å². The topological polar surface area (TPSA) is 47.6 Å². The number of halogens is 3. The van der Waals surface area contributed by atoms with E-state index in [0.29, 0.717) is 23.8 Å². The number of benzene rings is 2. The Kier molecular flexibility index (Phi) is 5.33. The third-order valence-corrected chi connectivity index (χ3v) is 3.20. The van der Waals surface area contributed by atoms with Gasteiger partial charge in [0.05, 0.1) is 19.3 Å². The van der Waals surface area contributed by atoms with E-state index in [2.05, 4.69) is 5.32 Å². The van der Waals surface area contributed by atoms with Crippen LogP contribution in [-0.2, 0) is 6.18 Å². The molecule has 2 aromatic carbocycles. The second-order valence-corrected chi connectivity index (χ2v) is 4.83. The van der Waals surface area contributed by atoms with Crippen LogP contribution in [0.4, 0.5) is 18.9 Å². The van der Waals surface area contributed by atoms with E-state index in [9.17, 15) is 18.0 Å². The Morgan fingerprint density at radius 1 is 1.08 bits per heavy atom. The molecule has 0 aliphatic rings. The van der Waals surface area contributed by atoms with Crippen LogP contribution in [-0.4, -0.2) is 19.6 Å². The Labute approximate surface area is 137 Å². The number of rotatable bonds is 5. The summed E-state index contributed by atoms with van der Waals surface area (Å²) >= 11 is 0. The maximum Gasteiger partial charge on any atom is 0.416 e. The molecule has 0 bridgehead atoms. The number of carbonyl (C=O) groups excluding carboxylic acids is 1. The molecule has 1 amide bonds. The van der Waals surface area contributed by atoms with Crippen molar-refractivity contribution in [3.8, 4) is 11.5 Å². The second-order valence-electron chi connectivity index (χ2n) is 4.83. The lowest BCUT2D eigenvalue weighted by atomic mass is 10.1. The molecule has 0 radical (unpaired) electrons. The lowest BCUT2D eigenvalue weighted by Gasteiger charge is -2.12. The molecular formula is C17H16F3NO3. The zero-order chi connectivity index (χ0) is 17.7. The Morgan fingerprint density at radius 2 is 1.75 bits per heavy atom. The molecule has 0 fully saturated rings. The summed E-state index contributed by atoms with van der Waals surface area (Å²) in [6.07, 6.45) is -4.43. The van der Waals surface area contributed by atoms with Gasteiger partial charge in [-0.3, -0.25) is 4.79 Å². The smallest absolute Gasteiger partial charge is 0.416 e. The van der Waals surface area contributed by atoms with Crippen molar-refractivity contribution in [2.75, 3.05) is 19.0 Å². The molecule has 0 atom stereocenters. The van der Waals surface area contributed by atoms with Crippen molar-refractivity contribution >= 4 is 11.6 Å². The van der Waals surface area contributed by atoms with Gasteiger partial charge in [0.1, 0.15) is 0 Å². The van der Waals surface area contributed by atoms with Crippen molar-refractivity contribution in [3.05, 3.63) is 53.6 Å². The predicted molar refractivity (Wildman–Crippen MR) is 83.6 cm³/mol. The third kappa shape index (κ3) is 4.18. The monoisotopic (exact) mass is 339 g/mol. The van der Waals surface area contributed by atoms with E-state index in [1.807, 2.05) is 6.92 Å².